The van der Waals surface area contributed by atoms with Gasteiger partial charge in [0.25, 0.3) is 0 Å². The zero-order valence-corrected chi connectivity index (χ0v) is 12.9. The molecule has 0 aliphatic carbocycles. The number of rotatable bonds is 3. The molecule has 108 valence electrons. The summed E-state index contributed by atoms with van der Waals surface area (Å²) in [5.74, 6) is 0. The molecule has 0 amide bonds. The minimum absolute atomic E-state index is 0.408. The smallest absolute Gasteiger partial charge is 0.119 e. The molecular formula is C19H11N3S. The molecule has 0 saturated heterocycles. The van der Waals surface area contributed by atoms with Gasteiger partial charge in [0.05, 0.1) is 11.1 Å². The Labute approximate surface area is 138 Å². The molecule has 0 aliphatic rings. The summed E-state index contributed by atoms with van der Waals surface area (Å²) in [7, 11) is 0. The highest BCUT2D eigenvalue weighted by Crippen LogP contribution is 2.35. The second-order valence-electron chi connectivity index (χ2n) is 4.73. The lowest BCUT2D eigenvalue weighted by atomic mass is 9.98. The molecule has 0 radical (unpaired) electrons. The Kier molecular flexibility index (Phi) is 4.38. The summed E-state index contributed by atoms with van der Waals surface area (Å²) in [5.41, 5.74) is 2.33. The van der Waals surface area contributed by atoms with Crippen molar-refractivity contribution >= 4 is 11.8 Å². The van der Waals surface area contributed by atoms with Gasteiger partial charge in [0.1, 0.15) is 17.2 Å². The average molecular weight is 313 g/mol. The van der Waals surface area contributed by atoms with Gasteiger partial charge in [-0.1, -0.05) is 60.3 Å². The average Bonchev–Trinajstić information content (AvgIpc) is 2.63. The zero-order chi connectivity index (χ0) is 16.1. The van der Waals surface area contributed by atoms with E-state index in [2.05, 4.69) is 17.1 Å². The Morgan fingerprint density at radius 2 is 1.48 bits per heavy atom. The molecule has 3 rings (SSSR count). The van der Waals surface area contributed by atoms with Gasteiger partial charge in [0.2, 0.25) is 0 Å². The first-order valence-corrected chi connectivity index (χ1v) is 7.76. The summed E-state index contributed by atoms with van der Waals surface area (Å²) in [6.07, 6.45) is 1.54. The second kappa shape index (κ2) is 6.79. The molecule has 0 atom stereocenters. The third-order valence-electron chi connectivity index (χ3n) is 3.30. The van der Waals surface area contributed by atoms with Crippen LogP contribution < -0.4 is 0 Å². The molecule has 0 fully saturated rings. The summed E-state index contributed by atoms with van der Waals surface area (Å²) in [5, 5.41) is 19.6. The molecule has 2 aromatic carbocycles. The molecule has 3 aromatic rings. The minimum Gasteiger partial charge on any atom is -0.247 e. The van der Waals surface area contributed by atoms with Crippen LogP contribution in [0.5, 0.6) is 0 Å². The van der Waals surface area contributed by atoms with Gasteiger partial charge in [-0.2, -0.15) is 10.5 Å². The van der Waals surface area contributed by atoms with E-state index in [1.54, 1.807) is 0 Å². The van der Waals surface area contributed by atoms with Crippen molar-refractivity contribution in [2.45, 2.75) is 9.92 Å². The maximum Gasteiger partial charge on any atom is 0.119 e. The van der Waals surface area contributed by atoms with Crippen molar-refractivity contribution in [2.24, 2.45) is 0 Å². The van der Waals surface area contributed by atoms with Crippen LogP contribution in [0.2, 0.25) is 0 Å². The van der Waals surface area contributed by atoms with Crippen molar-refractivity contribution in [3.05, 3.63) is 78.0 Å². The minimum atomic E-state index is 0.408. The number of hydrogen-bond acceptors (Lipinski definition) is 4. The van der Waals surface area contributed by atoms with Crippen LogP contribution in [0.4, 0.5) is 0 Å². The second-order valence-corrected chi connectivity index (χ2v) is 5.79. The lowest BCUT2D eigenvalue weighted by molar-refractivity contribution is 1.10. The molecule has 0 N–H and O–H groups in total. The Hall–Kier alpha value is -3.08. The number of pyridine rings is 1. The largest absolute Gasteiger partial charge is 0.247 e. The number of nitriles is 2. The standard InChI is InChI=1S/C19H11N3S/c20-11-15-13-22-19(23-16-9-5-2-6-10-16)17(12-21)18(15)14-7-3-1-4-8-14/h1-10,13H. The molecule has 23 heavy (non-hydrogen) atoms. The maximum atomic E-state index is 9.65. The summed E-state index contributed by atoms with van der Waals surface area (Å²) in [6, 6.07) is 23.6. The highest BCUT2D eigenvalue weighted by atomic mass is 32.2. The van der Waals surface area contributed by atoms with E-state index in [1.165, 1.54) is 18.0 Å². The van der Waals surface area contributed by atoms with Crippen LogP contribution in [0.15, 0.2) is 76.8 Å². The van der Waals surface area contributed by atoms with Crippen LogP contribution in [-0.2, 0) is 0 Å². The molecule has 0 spiro atoms. The van der Waals surface area contributed by atoms with Crippen molar-refractivity contribution in [2.75, 3.05) is 0 Å². The lowest BCUT2D eigenvalue weighted by Crippen LogP contribution is -1.96. The number of hydrogen-bond donors (Lipinski definition) is 0. The molecule has 0 aliphatic heterocycles. The van der Waals surface area contributed by atoms with E-state index < -0.39 is 0 Å². The van der Waals surface area contributed by atoms with Crippen molar-refractivity contribution in [1.29, 1.82) is 10.5 Å². The molecule has 1 heterocycles. The highest BCUT2D eigenvalue weighted by Gasteiger charge is 2.17. The normalized spacial score (nSPS) is 9.83. The molecule has 1 aromatic heterocycles. The van der Waals surface area contributed by atoms with Crippen molar-refractivity contribution in [3.63, 3.8) is 0 Å². The topological polar surface area (TPSA) is 60.5 Å². The van der Waals surface area contributed by atoms with Crippen LogP contribution in [0.3, 0.4) is 0 Å². The van der Waals surface area contributed by atoms with Crippen LogP contribution in [0, 0.1) is 22.7 Å². The van der Waals surface area contributed by atoms with Gasteiger partial charge in [0, 0.05) is 16.7 Å². The summed E-state index contributed by atoms with van der Waals surface area (Å²) >= 11 is 1.42. The predicted octanol–water partition coefficient (Wildman–Crippen LogP) is 4.64. The summed E-state index contributed by atoms with van der Waals surface area (Å²) < 4.78 is 0. The van der Waals surface area contributed by atoms with E-state index in [9.17, 15) is 10.5 Å². The van der Waals surface area contributed by atoms with Crippen LogP contribution in [-0.4, -0.2) is 4.98 Å². The lowest BCUT2D eigenvalue weighted by Gasteiger charge is -2.10. The molecular weight excluding hydrogens is 302 g/mol. The fourth-order valence-electron chi connectivity index (χ4n) is 2.26. The Morgan fingerprint density at radius 3 is 2.09 bits per heavy atom. The van der Waals surface area contributed by atoms with Crippen molar-refractivity contribution < 1.29 is 0 Å². The Bertz CT molecular complexity index is 907. The van der Waals surface area contributed by atoms with Crippen molar-refractivity contribution in [3.8, 4) is 23.3 Å². The molecule has 0 bridgehead atoms. The first kappa shape index (κ1) is 14.8. The first-order valence-electron chi connectivity index (χ1n) is 6.95. The van der Waals surface area contributed by atoms with Gasteiger partial charge in [-0.05, 0) is 17.7 Å². The van der Waals surface area contributed by atoms with E-state index in [-0.39, 0.29) is 0 Å². The van der Waals surface area contributed by atoms with Gasteiger partial charge < -0.3 is 0 Å². The Balaban J connectivity index is 2.17. The van der Waals surface area contributed by atoms with E-state index in [1.807, 2.05) is 60.7 Å². The monoisotopic (exact) mass is 313 g/mol. The SMILES string of the molecule is N#Cc1cnc(Sc2ccccc2)c(C#N)c1-c1ccccc1. The Morgan fingerprint density at radius 1 is 0.826 bits per heavy atom. The van der Waals surface area contributed by atoms with Crippen LogP contribution in [0.1, 0.15) is 11.1 Å². The van der Waals surface area contributed by atoms with Crippen LogP contribution in [0.25, 0.3) is 11.1 Å². The number of benzene rings is 2. The quantitative estimate of drug-likeness (QED) is 0.706. The van der Waals surface area contributed by atoms with E-state index >= 15 is 0 Å². The van der Waals surface area contributed by atoms with Gasteiger partial charge in [0.15, 0.2) is 0 Å². The fourth-order valence-corrected chi connectivity index (χ4v) is 3.14. The van der Waals surface area contributed by atoms with E-state index in [0.717, 1.165) is 10.5 Å². The maximum absolute atomic E-state index is 9.65. The van der Waals surface area contributed by atoms with Crippen LogP contribution >= 0.6 is 11.8 Å². The van der Waals surface area contributed by atoms with Gasteiger partial charge in [-0.25, -0.2) is 4.98 Å². The van der Waals surface area contributed by atoms with Gasteiger partial charge in [-0.15, -0.1) is 0 Å². The molecule has 3 nitrogen and oxygen atoms in total. The third kappa shape index (κ3) is 3.08. The van der Waals surface area contributed by atoms with E-state index in [0.29, 0.717) is 21.7 Å². The zero-order valence-electron chi connectivity index (χ0n) is 12.1. The predicted molar refractivity (Wildman–Crippen MR) is 89.7 cm³/mol. The van der Waals surface area contributed by atoms with Gasteiger partial charge >= 0.3 is 0 Å². The third-order valence-corrected chi connectivity index (χ3v) is 4.31. The molecule has 0 unspecified atom stereocenters. The summed E-state index contributed by atoms with van der Waals surface area (Å²) in [4.78, 5) is 5.32. The number of aromatic nitrogens is 1. The van der Waals surface area contributed by atoms with E-state index in [4.69, 9.17) is 0 Å². The molecule has 4 heteroatoms. The van der Waals surface area contributed by atoms with Gasteiger partial charge in [-0.3, -0.25) is 0 Å². The van der Waals surface area contributed by atoms with Crippen molar-refractivity contribution in [1.82, 2.24) is 4.98 Å². The first-order chi connectivity index (χ1) is 11.3. The highest BCUT2D eigenvalue weighted by molar-refractivity contribution is 7.99. The molecule has 0 saturated carbocycles. The fraction of sp³-hybridized carbons (Fsp3) is 0. The number of nitrogens with zero attached hydrogens (tertiary/aromatic N) is 3. The summed E-state index contributed by atoms with van der Waals surface area (Å²) in [6.45, 7) is 0.